The molecule has 100 valence electrons. The number of likely N-dealkylation sites (N-methyl/N-ethyl adjacent to an activating group) is 1. The molecule has 1 aromatic rings. The molecular formula is C12H20N4O2. The molecule has 0 radical (unpaired) electrons. The van der Waals surface area contributed by atoms with Gasteiger partial charge in [0.15, 0.2) is 0 Å². The van der Waals surface area contributed by atoms with Crippen LogP contribution in [-0.2, 0) is 4.79 Å². The summed E-state index contributed by atoms with van der Waals surface area (Å²) in [7, 11) is 1.81. The lowest BCUT2D eigenvalue weighted by Crippen LogP contribution is -2.45. The van der Waals surface area contributed by atoms with Gasteiger partial charge in [0.25, 0.3) is 5.95 Å². The highest BCUT2D eigenvalue weighted by Crippen LogP contribution is 2.30. The van der Waals surface area contributed by atoms with Crippen molar-refractivity contribution in [2.75, 3.05) is 18.5 Å². The molecule has 6 heteroatoms. The lowest BCUT2D eigenvalue weighted by Gasteiger charge is -2.27. The molecule has 1 aliphatic heterocycles. The van der Waals surface area contributed by atoms with Crippen LogP contribution in [0.2, 0.25) is 0 Å². The van der Waals surface area contributed by atoms with E-state index in [1.54, 1.807) is 18.9 Å². The van der Waals surface area contributed by atoms with Crippen LogP contribution in [0.4, 0.5) is 5.95 Å². The van der Waals surface area contributed by atoms with Gasteiger partial charge >= 0.3 is 0 Å². The number of aromatic nitrogens is 2. The lowest BCUT2D eigenvalue weighted by atomic mass is 9.87. The van der Waals surface area contributed by atoms with Gasteiger partial charge in [-0.1, -0.05) is 13.8 Å². The minimum absolute atomic E-state index is 0.0175. The van der Waals surface area contributed by atoms with Crippen LogP contribution in [0.5, 0.6) is 0 Å². The van der Waals surface area contributed by atoms with Gasteiger partial charge in [-0.05, 0) is 30.5 Å². The van der Waals surface area contributed by atoms with Gasteiger partial charge in [-0.2, -0.15) is 4.98 Å². The summed E-state index contributed by atoms with van der Waals surface area (Å²) in [6, 6.07) is -0.175. The number of aryl methyl sites for hydroxylation is 1. The highest BCUT2D eigenvalue weighted by Gasteiger charge is 2.36. The molecule has 0 bridgehead atoms. The fraction of sp³-hybridized carbons (Fsp3) is 0.750. The Balaban J connectivity index is 2.32. The zero-order valence-corrected chi connectivity index (χ0v) is 11.4. The second-order valence-corrected chi connectivity index (χ2v) is 5.58. The Morgan fingerprint density at radius 3 is 2.78 bits per heavy atom. The third kappa shape index (κ3) is 2.53. The predicted molar refractivity (Wildman–Crippen MR) is 67.3 cm³/mol. The van der Waals surface area contributed by atoms with E-state index in [9.17, 15) is 4.79 Å². The van der Waals surface area contributed by atoms with E-state index in [1.807, 2.05) is 0 Å². The molecule has 0 saturated carbocycles. The van der Waals surface area contributed by atoms with Gasteiger partial charge in [0, 0.05) is 13.5 Å². The molecule has 1 N–H and O–H groups in total. The number of carbonyl (C=O) groups is 1. The van der Waals surface area contributed by atoms with Crippen LogP contribution in [0.3, 0.4) is 0 Å². The number of hydrogen-bond acceptors (Lipinski definition) is 5. The summed E-state index contributed by atoms with van der Waals surface area (Å²) < 4.78 is 4.97. The fourth-order valence-corrected chi connectivity index (χ4v) is 2.27. The molecule has 1 saturated heterocycles. The Hall–Kier alpha value is -1.43. The maximum Gasteiger partial charge on any atom is 0.272 e. The molecule has 0 aromatic carbocycles. The number of anilines is 1. The number of carbonyl (C=O) groups excluding carboxylic acids is 1. The van der Waals surface area contributed by atoms with E-state index < -0.39 is 0 Å². The van der Waals surface area contributed by atoms with E-state index in [4.69, 9.17) is 4.52 Å². The Morgan fingerprint density at radius 2 is 2.22 bits per heavy atom. The smallest absolute Gasteiger partial charge is 0.272 e. The van der Waals surface area contributed by atoms with Crippen molar-refractivity contribution < 1.29 is 9.32 Å². The van der Waals surface area contributed by atoms with Gasteiger partial charge in [0.1, 0.15) is 0 Å². The van der Waals surface area contributed by atoms with Crippen molar-refractivity contribution in [3.05, 3.63) is 5.89 Å². The Morgan fingerprint density at radius 1 is 1.50 bits per heavy atom. The number of hydrogen-bond donors (Lipinski definition) is 1. The van der Waals surface area contributed by atoms with Crippen molar-refractivity contribution in [2.24, 2.45) is 5.41 Å². The first-order valence-electron chi connectivity index (χ1n) is 6.22. The number of rotatable bonds is 2. The fourth-order valence-electron chi connectivity index (χ4n) is 2.27. The molecule has 0 aliphatic carbocycles. The highest BCUT2D eigenvalue weighted by molar-refractivity contribution is 5.96. The van der Waals surface area contributed by atoms with E-state index in [0.29, 0.717) is 18.4 Å². The standard InChI is InChI=1S/C12H20N4O2/c1-8-14-11(15-18-8)16-7-12(2,3)6-5-9(13-4)10(16)17/h9,13H,5-7H2,1-4H3. The summed E-state index contributed by atoms with van der Waals surface area (Å²) >= 11 is 0. The highest BCUT2D eigenvalue weighted by atomic mass is 16.5. The van der Waals surface area contributed by atoms with Crippen LogP contribution in [0.25, 0.3) is 0 Å². The normalized spacial score (nSPS) is 24.1. The lowest BCUT2D eigenvalue weighted by molar-refractivity contribution is -0.120. The van der Waals surface area contributed by atoms with E-state index >= 15 is 0 Å². The topological polar surface area (TPSA) is 71.3 Å². The van der Waals surface area contributed by atoms with Crippen molar-refractivity contribution in [3.63, 3.8) is 0 Å². The largest absolute Gasteiger partial charge is 0.338 e. The van der Waals surface area contributed by atoms with Crippen LogP contribution in [0.1, 0.15) is 32.6 Å². The number of nitrogens with zero attached hydrogens (tertiary/aromatic N) is 3. The first-order chi connectivity index (χ1) is 8.43. The van der Waals surface area contributed by atoms with Gasteiger partial charge in [-0.25, -0.2) is 0 Å². The number of nitrogens with one attached hydrogen (secondary N) is 1. The number of amides is 1. The summed E-state index contributed by atoms with van der Waals surface area (Å²) in [5.41, 5.74) is 0.0514. The predicted octanol–water partition coefficient (Wildman–Crippen LogP) is 1.12. The van der Waals surface area contributed by atoms with Crippen molar-refractivity contribution in [1.29, 1.82) is 0 Å². The van der Waals surface area contributed by atoms with Crippen molar-refractivity contribution in [2.45, 2.75) is 39.7 Å². The van der Waals surface area contributed by atoms with E-state index in [0.717, 1.165) is 12.8 Å². The summed E-state index contributed by atoms with van der Waals surface area (Å²) in [6.45, 7) is 6.64. The van der Waals surface area contributed by atoms with Crippen LogP contribution >= 0.6 is 0 Å². The molecule has 1 aliphatic rings. The van der Waals surface area contributed by atoms with Crippen LogP contribution in [-0.4, -0.2) is 35.7 Å². The zero-order valence-electron chi connectivity index (χ0n) is 11.4. The zero-order chi connectivity index (χ0) is 13.3. The molecule has 18 heavy (non-hydrogen) atoms. The average Bonchev–Trinajstić information content (AvgIpc) is 2.68. The van der Waals surface area contributed by atoms with Gasteiger partial charge in [0.2, 0.25) is 11.8 Å². The van der Waals surface area contributed by atoms with Crippen molar-refractivity contribution in [1.82, 2.24) is 15.5 Å². The first kappa shape index (κ1) is 13.0. The SMILES string of the molecule is CNC1CCC(C)(C)CN(c2noc(C)n2)C1=O. The molecule has 1 atom stereocenters. The minimum Gasteiger partial charge on any atom is -0.338 e. The van der Waals surface area contributed by atoms with E-state index in [1.165, 1.54) is 0 Å². The van der Waals surface area contributed by atoms with E-state index in [2.05, 4.69) is 29.3 Å². The second-order valence-electron chi connectivity index (χ2n) is 5.58. The molecule has 6 nitrogen and oxygen atoms in total. The molecule has 1 aromatic heterocycles. The van der Waals surface area contributed by atoms with Gasteiger partial charge in [-0.3, -0.25) is 9.69 Å². The third-order valence-corrected chi connectivity index (χ3v) is 3.37. The summed E-state index contributed by atoms with van der Waals surface area (Å²) in [4.78, 5) is 18.2. The molecular weight excluding hydrogens is 232 g/mol. The molecule has 1 fully saturated rings. The minimum atomic E-state index is -0.175. The summed E-state index contributed by atoms with van der Waals surface area (Å²) in [5, 5.41) is 6.92. The van der Waals surface area contributed by atoms with Crippen LogP contribution < -0.4 is 10.2 Å². The summed E-state index contributed by atoms with van der Waals surface area (Å²) in [5.74, 6) is 0.859. The molecule has 2 heterocycles. The average molecular weight is 252 g/mol. The molecule has 0 spiro atoms. The van der Waals surface area contributed by atoms with Crippen molar-refractivity contribution in [3.8, 4) is 0 Å². The maximum atomic E-state index is 12.4. The van der Waals surface area contributed by atoms with Gasteiger partial charge < -0.3 is 9.84 Å². The molecule has 2 rings (SSSR count). The monoisotopic (exact) mass is 252 g/mol. The molecule has 1 amide bonds. The van der Waals surface area contributed by atoms with Crippen molar-refractivity contribution >= 4 is 11.9 Å². The molecule has 1 unspecified atom stereocenters. The maximum absolute atomic E-state index is 12.4. The summed E-state index contributed by atoms with van der Waals surface area (Å²) in [6.07, 6.45) is 1.81. The second kappa shape index (κ2) is 4.68. The Labute approximate surface area is 107 Å². The quantitative estimate of drug-likeness (QED) is 0.854. The van der Waals surface area contributed by atoms with Gasteiger partial charge in [0.05, 0.1) is 6.04 Å². The Bertz CT molecular complexity index is 441. The van der Waals surface area contributed by atoms with E-state index in [-0.39, 0.29) is 17.4 Å². The Kier molecular flexibility index (Phi) is 3.38. The third-order valence-electron chi connectivity index (χ3n) is 3.37. The first-order valence-corrected chi connectivity index (χ1v) is 6.22. The van der Waals surface area contributed by atoms with Crippen LogP contribution in [0, 0.1) is 12.3 Å². The van der Waals surface area contributed by atoms with Crippen LogP contribution in [0.15, 0.2) is 4.52 Å². The van der Waals surface area contributed by atoms with Gasteiger partial charge in [-0.15, -0.1) is 0 Å².